The van der Waals surface area contributed by atoms with Gasteiger partial charge < -0.3 is 20.6 Å². The standard InChI is InChI=1S/C27H24F3N3O4/c1-16-15-18(6-13-22(16)25(35)36)17-4-9-20(10-5-17)31-24(34)23-3-2-14-33(23)26(37)32-21-11-7-19(8-12-21)27(28,29)30/h4-13,15,23H,2-3,14H2,1H3,(H,31,34)(H,32,37)(H,35,36)/t23-/m1/s1. The summed E-state index contributed by atoms with van der Waals surface area (Å²) in [7, 11) is 0. The van der Waals surface area contributed by atoms with Crippen molar-refractivity contribution in [3.05, 3.63) is 83.4 Å². The number of carbonyl (C=O) groups excluding carboxylic acids is 2. The van der Waals surface area contributed by atoms with E-state index < -0.39 is 29.8 Å². The molecule has 1 fully saturated rings. The van der Waals surface area contributed by atoms with E-state index >= 15 is 0 Å². The van der Waals surface area contributed by atoms with Gasteiger partial charge in [0, 0.05) is 17.9 Å². The zero-order valence-corrected chi connectivity index (χ0v) is 19.8. The van der Waals surface area contributed by atoms with Crippen LogP contribution in [0.3, 0.4) is 0 Å². The minimum atomic E-state index is -4.47. The number of amides is 3. The summed E-state index contributed by atoms with van der Waals surface area (Å²) in [6, 6.07) is 14.9. The Balaban J connectivity index is 1.39. The molecule has 10 heteroatoms. The summed E-state index contributed by atoms with van der Waals surface area (Å²) in [6.45, 7) is 2.07. The molecule has 0 aromatic heterocycles. The molecule has 1 aliphatic rings. The number of urea groups is 1. The first-order valence-electron chi connectivity index (χ1n) is 11.5. The van der Waals surface area contributed by atoms with Crippen LogP contribution < -0.4 is 10.6 Å². The van der Waals surface area contributed by atoms with Gasteiger partial charge in [0.05, 0.1) is 11.1 Å². The molecule has 3 N–H and O–H groups in total. The summed E-state index contributed by atoms with van der Waals surface area (Å²) >= 11 is 0. The number of nitrogens with zero attached hydrogens (tertiary/aromatic N) is 1. The van der Waals surface area contributed by atoms with Gasteiger partial charge in [-0.1, -0.05) is 24.3 Å². The van der Waals surface area contributed by atoms with E-state index in [2.05, 4.69) is 10.6 Å². The summed E-state index contributed by atoms with van der Waals surface area (Å²) < 4.78 is 38.3. The second-order valence-electron chi connectivity index (χ2n) is 8.76. The lowest BCUT2D eigenvalue weighted by atomic mass is 10.00. The number of aromatic carboxylic acids is 1. The maximum Gasteiger partial charge on any atom is 0.416 e. The SMILES string of the molecule is Cc1cc(-c2ccc(NC(=O)[C@H]3CCCN3C(=O)Nc3ccc(C(F)(F)F)cc3)cc2)ccc1C(=O)O. The lowest BCUT2D eigenvalue weighted by Crippen LogP contribution is -2.45. The largest absolute Gasteiger partial charge is 0.478 e. The predicted molar refractivity (Wildman–Crippen MR) is 132 cm³/mol. The van der Waals surface area contributed by atoms with Crippen molar-refractivity contribution >= 4 is 29.3 Å². The fourth-order valence-corrected chi connectivity index (χ4v) is 4.27. The van der Waals surface area contributed by atoms with Crippen molar-refractivity contribution in [2.45, 2.75) is 32.0 Å². The van der Waals surface area contributed by atoms with Crippen LogP contribution in [-0.4, -0.2) is 40.5 Å². The maximum atomic E-state index is 12.9. The first kappa shape index (κ1) is 25.7. The smallest absolute Gasteiger partial charge is 0.416 e. The zero-order chi connectivity index (χ0) is 26.7. The molecule has 0 unspecified atom stereocenters. The van der Waals surface area contributed by atoms with Gasteiger partial charge >= 0.3 is 18.2 Å². The Morgan fingerprint density at radius 1 is 0.892 bits per heavy atom. The van der Waals surface area contributed by atoms with Crippen molar-refractivity contribution in [3.8, 4) is 11.1 Å². The first-order chi connectivity index (χ1) is 17.5. The van der Waals surface area contributed by atoms with Crippen LogP contribution in [0.2, 0.25) is 0 Å². The zero-order valence-electron chi connectivity index (χ0n) is 19.8. The van der Waals surface area contributed by atoms with E-state index in [0.717, 1.165) is 23.3 Å². The molecule has 0 saturated carbocycles. The van der Waals surface area contributed by atoms with Crippen LogP contribution in [0.15, 0.2) is 66.7 Å². The van der Waals surface area contributed by atoms with Gasteiger partial charge in [-0.05, 0) is 78.9 Å². The number of carboxylic acid groups (broad SMARTS) is 1. The quantitative estimate of drug-likeness (QED) is 0.391. The van der Waals surface area contributed by atoms with Crippen LogP contribution in [-0.2, 0) is 11.0 Å². The highest BCUT2D eigenvalue weighted by Gasteiger charge is 2.34. The van der Waals surface area contributed by atoms with E-state index in [0.29, 0.717) is 30.6 Å². The Labute approximate surface area is 210 Å². The molecule has 1 saturated heterocycles. The van der Waals surface area contributed by atoms with Crippen LogP contribution in [0.4, 0.5) is 29.3 Å². The molecular formula is C27H24F3N3O4. The van der Waals surface area contributed by atoms with Crippen molar-refractivity contribution in [2.75, 3.05) is 17.2 Å². The Kier molecular flexibility index (Phi) is 7.19. The Morgan fingerprint density at radius 3 is 2.08 bits per heavy atom. The van der Waals surface area contributed by atoms with Crippen molar-refractivity contribution in [3.63, 3.8) is 0 Å². The van der Waals surface area contributed by atoms with Crippen LogP contribution in [0.1, 0.15) is 34.3 Å². The number of nitrogens with one attached hydrogen (secondary N) is 2. The molecule has 3 aromatic carbocycles. The second kappa shape index (κ2) is 10.3. The summed E-state index contributed by atoms with van der Waals surface area (Å²) in [4.78, 5) is 38.3. The van der Waals surface area contributed by atoms with Crippen LogP contribution in [0.25, 0.3) is 11.1 Å². The lowest BCUT2D eigenvalue weighted by Gasteiger charge is -2.24. The molecule has 1 atom stereocenters. The van der Waals surface area contributed by atoms with Crippen molar-refractivity contribution < 1.29 is 32.7 Å². The number of hydrogen-bond donors (Lipinski definition) is 3. The van der Waals surface area contributed by atoms with Gasteiger partial charge in [0.1, 0.15) is 6.04 Å². The van der Waals surface area contributed by atoms with E-state index in [9.17, 15) is 32.7 Å². The topological polar surface area (TPSA) is 98.7 Å². The Morgan fingerprint density at radius 2 is 1.49 bits per heavy atom. The van der Waals surface area contributed by atoms with E-state index in [1.54, 1.807) is 49.4 Å². The summed E-state index contributed by atoms with van der Waals surface area (Å²) in [5.74, 6) is -1.36. The van der Waals surface area contributed by atoms with E-state index in [1.165, 1.54) is 17.0 Å². The molecular weight excluding hydrogens is 487 g/mol. The number of carbonyl (C=O) groups is 3. The summed E-state index contributed by atoms with van der Waals surface area (Å²) in [5, 5.41) is 14.6. The highest BCUT2D eigenvalue weighted by atomic mass is 19.4. The second-order valence-corrected chi connectivity index (χ2v) is 8.76. The molecule has 37 heavy (non-hydrogen) atoms. The molecule has 192 valence electrons. The number of anilines is 2. The van der Waals surface area contributed by atoms with Gasteiger partial charge in [-0.25, -0.2) is 9.59 Å². The van der Waals surface area contributed by atoms with Gasteiger partial charge in [-0.2, -0.15) is 13.2 Å². The number of rotatable bonds is 5. The normalized spacial score (nSPS) is 15.4. The minimum Gasteiger partial charge on any atom is -0.478 e. The molecule has 0 radical (unpaired) electrons. The van der Waals surface area contributed by atoms with Gasteiger partial charge in [-0.15, -0.1) is 0 Å². The van der Waals surface area contributed by atoms with Crippen molar-refractivity contribution in [1.29, 1.82) is 0 Å². The fraction of sp³-hybridized carbons (Fsp3) is 0.222. The van der Waals surface area contributed by atoms with Gasteiger partial charge in [0.15, 0.2) is 0 Å². The van der Waals surface area contributed by atoms with Crippen molar-refractivity contribution in [2.24, 2.45) is 0 Å². The number of benzene rings is 3. The summed E-state index contributed by atoms with van der Waals surface area (Å²) in [6.07, 6.45) is -3.40. The Hall–Kier alpha value is -4.34. The highest BCUT2D eigenvalue weighted by Crippen LogP contribution is 2.30. The number of likely N-dealkylation sites (tertiary alicyclic amines) is 1. The summed E-state index contributed by atoms with van der Waals surface area (Å²) in [5.41, 5.74) is 2.46. The monoisotopic (exact) mass is 511 g/mol. The van der Waals surface area contributed by atoms with Crippen molar-refractivity contribution in [1.82, 2.24) is 4.90 Å². The average Bonchev–Trinajstić information content (AvgIpc) is 3.34. The first-order valence-corrected chi connectivity index (χ1v) is 11.5. The predicted octanol–water partition coefficient (Wildman–Crippen LogP) is 6.01. The third-order valence-corrected chi connectivity index (χ3v) is 6.22. The van der Waals surface area contributed by atoms with Crippen LogP contribution in [0, 0.1) is 6.92 Å². The number of alkyl halides is 3. The number of hydrogen-bond acceptors (Lipinski definition) is 3. The average molecular weight is 512 g/mol. The van der Waals surface area contributed by atoms with Gasteiger partial charge in [0.25, 0.3) is 0 Å². The maximum absolute atomic E-state index is 12.9. The van der Waals surface area contributed by atoms with Crippen LogP contribution in [0.5, 0.6) is 0 Å². The van der Waals surface area contributed by atoms with Gasteiger partial charge in [0.2, 0.25) is 5.91 Å². The van der Waals surface area contributed by atoms with E-state index in [4.69, 9.17) is 0 Å². The minimum absolute atomic E-state index is 0.200. The molecule has 7 nitrogen and oxygen atoms in total. The number of aryl methyl sites for hydroxylation is 1. The molecule has 1 heterocycles. The third-order valence-electron chi connectivity index (χ3n) is 6.22. The number of carboxylic acids is 1. The molecule has 0 aliphatic carbocycles. The van der Waals surface area contributed by atoms with E-state index in [-0.39, 0.29) is 17.2 Å². The lowest BCUT2D eigenvalue weighted by molar-refractivity contribution is -0.137. The highest BCUT2D eigenvalue weighted by molar-refractivity contribution is 5.99. The number of halogens is 3. The molecule has 1 aliphatic heterocycles. The van der Waals surface area contributed by atoms with E-state index in [1.807, 2.05) is 0 Å². The third kappa shape index (κ3) is 5.91. The molecule has 0 spiro atoms. The Bertz CT molecular complexity index is 1320. The van der Waals surface area contributed by atoms with Crippen LogP contribution >= 0.6 is 0 Å². The molecule has 3 aromatic rings. The molecule has 0 bridgehead atoms. The van der Waals surface area contributed by atoms with Gasteiger partial charge in [-0.3, -0.25) is 4.79 Å². The molecule has 4 rings (SSSR count). The molecule has 3 amide bonds. The fourth-order valence-electron chi connectivity index (χ4n) is 4.27.